The fourth-order valence-corrected chi connectivity index (χ4v) is 2.00. The summed E-state index contributed by atoms with van der Waals surface area (Å²) >= 11 is 0. The Hall–Kier alpha value is -1.78. The maximum absolute atomic E-state index is 13.7. The Morgan fingerprint density at radius 2 is 1.79 bits per heavy atom. The Kier molecular flexibility index (Phi) is 4.24. The predicted octanol–water partition coefficient (Wildman–Crippen LogP) is 3.02. The van der Waals surface area contributed by atoms with Crippen molar-refractivity contribution < 1.29 is 8.78 Å². The number of hydrogen-bond donors (Lipinski definition) is 2. The van der Waals surface area contributed by atoms with Crippen molar-refractivity contribution in [3.8, 4) is 0 Å². The summed E-state index contributed by atoms with van der Waals surface area (Å²) in [6.07, 6.45) is 0.497. The second kappa shape index (κ2) is 5.91. The molecular formula is C15H16F2N2. The van der Waals surface area contributed by atoms with Gasteiger partial charge < -0.3 is 0 Å². The molecule has 0 radical (unpaired) electrons. The molecule has 0 amide bonds. The first kappa shape index (κ1) is 13.6. The summed E-state index contributed by atoms with van der Waals surface area (Å²) in [5.74, 6) is 4.53. The van der Waals surface area contributed by atoms with Crippen molar-refractivity contribution >= 4 is 0 Å². The van der Waals surface area contributed by atoms with Crippen molar-refractivity contribution in [3.05, 3.63) is 70.8 Å². The van der Waals surface area contributed by atoms with Gasteiger partial charge in [-0.05, 0) is 37.1 Å². The summed E-state index contributed by atoms with van der Waals surface area (Å²) in [6.45, 7) is 1.99. The lowest BCUT2D eigenvalue weighted by Crippen LogP contribution is -2.30. The largest absolute Gasteiger partial charge is 0.271 e. The number of aryl methyl sites for hydroxylation is 1. The highest BCUT2D eigenvalue weighted by Crippen LogP contribution is 2.21. The molecule has 2 aromatic carbocycles. The predicted molar refractivity (Wildman–Crippen MR) is 71.3 cm³/mol. The van der Waals surface area contributed by atoms with Crippen LogP contribution in [-0.2, 0) is 6.42 Å². The molecule has 0 aliphatic heterocycles. The van der Waals surface area contributed by atoms with E-state index in [9.17, 15) is 8.78 Å². The first-order valence-corrected chi connectivity index (χ1v) is 6.07. The van der Waals surface area contributed by atoms with Crippen LogP contribution in [0.3, 0.4) is 0 Å². The summed E-state index contributed by atoms with van der Waals surface area (Å²) < 4.78 is 26.9. The minimum atomic E-state index is -0.472. The molecule has 2 nitrogen and oxygen atoms in total. The molecule has 1 atom stereocenters. The van der Waals surface area contributed by atoms with E-state index in [1.807, 2.05) is 31.2 Å². The number of hydrazine groups is 1. The Bertz CT molecular complexity index is 553. The van der Waals surface area contributed by atoms with Gasteiger partial charge >= 0.3 is 0 Å². The van der Waals surface area contributed by atoms with E-state index in [2.05, 4.69) is 5.43 Å². The maximum Gasteiger partial charge on any atom is 0.128 e. The maximum atomic E-state index is 13.7. The van der Waals surface area contributed by atoms with Crippen molar-refractivity contribution in [3.63, 3.8) is 0 Å². The molecule has 19 heavy (non-hydrogen) atoms. The van der Waals surface area contributed by atoms with Crippen LogP contribution in [0.1, 0.15) is 22.7 Å². The summed E-state index contributed by atoms with van der Waals surface area (Å²) in [5, 5.41) is 0. The molecule has 0 saturated carbocycles. The molecule has 0 heterocycles. The van der Waals surface area contributed by atoms with Crippen molar-refractivity contribution in [2.45, 2.75) is 19.4 Å². The van der Waals surface area contributed by atoms with E-state index in [1.54, 1.807) is 0 Å². The van der Waals surface area contributed by atoms with Gasteiger partial charge in [0.2, 0.25) is 0 Å². The zero-order chi connectivity index (χ0) is 13.8. The quantitative estimate of drug-likeness (QED) is 0.656. The molecule has 2 rings (SSSR count). The Morgan fingerprint density at radius 1 is 1.11 bits per heavy atom. The van der Waals surface area contributed by atoms with E-state index in [-0.39, 0.29) is 5.56 Å². The molecule has 100 valence electrons. The molecule has 0 aliphatic rings. The third kappa shape index (κ3) is 3.36. The van der Waals surface area contributed by atoms with Gasteiger partial charge in [-0.3, -0.25) is 11.3 Å². The molecule has 0 fully saturated rings. The first-order chi connectivity index (χ1) is 9.10. The standard InChI is InChI=1S/C15H16F2N2/c1-10-2-4-11(5-3-10)8-15(19-18)13-9-12(16)6-7-14(13)17/h2-7,9,15,19H,8,18H2,1H3. The number of nitrogens with two attached hydrogens (primary N) is 1. The lowest BCUT2D eigenvalue weighted by Gasteiger charge is -2.17. The number of nitrogens with one attached hydrogen (secondary N) is 1. The molecular weight excluding hydrogens is 246 g/mol. The zero-order valence-corrected chi connectivity index (χ0v) is 10.7. The summed E-state index contributed by atoms with van der Waals surface area (Å²) in [5.41, 5.74) is 4.94. The average molecular weight is 262 g/mol. The lowest BCUT2D eigenvalue weighted by atomic mass is 9.98. The van der Waals surface area contributed by atoms with Gasteiger partial charge in [-0.1, -0.05) is 29.8 Å². The monoisotopic (exact) mass is 262 g/mol. The summed E-state index contributed by atoms with van der Waals surface area (Å²) in [6, 6.07) is 10.8. The highest BCUT2D eigenvalue weighted by molar-refractivity contribution is 5.27. The van der Waals surface area contributed by atoms with Crippen molar-refractivity contribution in [1.29, 1.82) is 0 Å². The molecule has 4 heteroatoms. The molecule has 0 saturated heterocycles. The van der Waals surface area contributed by atoms with E-state index in [1.165, 1.54) is 6.07 Å². The fraction of sp³-hybridized carbons (Fsp3) is 0.200. The van der Waals surface area contributed by atoms with Crippen LogP contribution in [0.15, 0.2) is 42.5 Å². The van der Waals surface area contributed by atoms with Crippen LogP contribution >= 0.6 is 0 Å². The molecule has 0 bridgehead atoms. The number of halogens is 2. The lowest BCUT2D eigenvalue weighted by molar-refractivity contribution is 0.502. The minimum Gasteiger partial charge on any atom is -0.271 e. The first-order valence-electron chi connectivity index (χ1n) is 6.07. The molecule has 3 N–H and O–H groups in total. The van der Waals surface area contributed by atoms with Crippen LogP contribution in [0, 0.1) is 18.6 Å². The third-order valence-electron chi connectivity index (χ3n) is 3.10. The van der Waals surface area contributed by atoms with E-state index in [4.69, 9.17) is 5.84 Å². The Morgan fingerprint density at radius 3 is 2.42 bits per heavy atom. The van der Waals surface area contributed by atoms with Gasteiger partial charge in [-0.2, -0.15) is 0 Å². The number of rotatable bonds is 4. The van der Waals surface area contributed by atoms with Crippen LogP contribution in [0.2, 0.25) is 0 Å². The highest BCUT2D eigenvalue weighted by atomic mass is 19.1. The van der Waals surface area contributed by atoms with Gasteiger partial charge in [-0.15, -0.1) is 0 Å². The normalized spacial score (nSPS) is 12.4. The van der Waals surface area contributed by atoms with Crippen LogP contribution < -0.4 is 11.3 Å². The smallest absolute Gasteiger partial charge is 0.128 e. The molecule has 0 aliphatic carbocycles. The van der Waals surface area contributed by atoms with Gasteiger partial charge in [0.1, 0.15) is 11.6 Å². The fourth-order valence-electron chi connectivity index (χ4n) is 2.00. The second-order valence-corrected chi connectivity index (χ2v) is 4.57. The molecule has 0 spiro atoms. The Balaban J connectivity index is 2.24. The van der Waals surface area contributed by atoms with E-state index in [0.717, 1.165) is 23.3 Å². The third-order valence-corrected chi connectivity index (χ3v) is 3.10. The van der Waals surface area contributed by atoms with Gasteiger partial charge in [0.05, 0.1) is 6.04 Å². The van der Waals surface area contributed by atoms with Crippen molar-refractivity contribution in [1.82, 2.24) is 5.43 Å². The van der Waals surface area contributed by atoms with Crippen LogP contribution in [-0.4, -0.2) is 0 Å². The van der Waals surface area contributed by atoms with E-state index >= 15 is 0 Å². The van der Waals surface area contributed by atoms with Gasteiger partial charge in [0.15, 0.2) is 0 Å². The Labute approximate surface area is 111 Å². The van der Waals surface area contributed by atoms with Crippen LogP contribution in [0.5, 0.6) is 0 Å². The minimum absolute atomic E-state index is 0.239. The highest BCUT2D eigenvalue weighted by Gasteiger charge is 2.15. The summed E-state index contributed by atoms with van der Waals surface area (Å²) in [7, 11) is 0. The zero-order valence-electron chi connectivity index (χ0n) is 10.7. The van der Waals surface area contributed by atoms with E-state index in [0.29, 0.717) is 6.42 Å². The van der Waals surface area contributed by atoms with Gasteiger partial charge in [-0.25, -0.2) is 8.78 Å². The SMILES string of the molecule is Cc1ccc(CC(NN)c2cc(F)ccc2F)cc1. The second-order valence-electron chi connectivity index (χ2n) is 4.57. The van der Waals surface area contributed by atoms with Crippen LogP contribution in [0.25, 0.3) is 0 Å². The summed E-state index contributed by atoms with van der Waals surface area (Å²) in [4.78, 5) is 0. The van der Waals surface area contributed by atoms with Gasteiger partial charge in [0, 0.05) is 5.56 Å². The van der Waals surface area contributed by atoms with E-state index < -0.39 is 17.7 Å². The van der Waals surface area contributed by atoms with Gasteiger partial charge in [0.25, 0.3) is 0 Å². The van der Waals surface area contributed by atoms with Crippen molar-refractivity contribution in [2.75, 3.05) is 0 Å². The number of benzene rings is 2. The van der Waals surface area contributed by atoms with Crippen LogP contribution in [0.4, 0.5) is 8.78 Å². The molecule has 0 aromatic heterocycles. The molecule has 2 aromatic rings. The average Bonchev–Trinajstić information content (AvgIpc) is 2.41. The number of hydrogen-bond acceptors (Lipinski definition) is 2. The topological polar surface area (TPSA) is 38.0 Å². The van der Waals surface area contributed by atoms with Crippen molar-refractivity contribution in [2.24, 2.45) is 5.84 Å². The molecule has 1 unspecified atom stereocenters.